The smallest absolute Gasteiger partial charge is 0.122 e. The van der Waals surface area contributed by atoms with Crippen LogP contribution >= 0.6 is 0 Å². The first kappa shape index (κ1) is 18.1. The first-order valence-electron chi connectivity index (χ1n) is 7.70. The molecule has 0 unspecified atom stereocenters. The van der Waals surface area contributed by atoms with Gasteiger partial charge in [-0.15, -0.1) is 0 Å². The lowest BCUT2D eigenvalue weighted by molar-refractivity contribution is 0.399. The van der Waals surface area contributed by atoms with Gasteiger partial charge in [-0.1, -0.05) is 43.7 Å². The van der Waals surface area contributed by atoms with Crippen LogP contribution in [0.5, 0.6) is 11.5 Å². The predicted molar refractivity (Wildman–Crippen MR) is 92.8 cm³/mol. The summed E-state index contributed by atoms with van der Waals surface area (Å²) < 4.78 is 10.6. The second-order valence-electron chi connectivity index (χ2n) is 4.98. The molecular formula is C19H27NO2. The lowest BCUT2D eigenvalue weighted by atomic mass is 10.0. The van der Waals surface area contributed by atoms with E-state index in [1.54, 1.807) is 14.2 Å². The van der Waals surface area contributed by atoms with Crippen molar-refractivity contribution in [3.05, 3.63) is 59.7 Å². The van der Waals surface area contributed by atoms with E-state index in [2.05, 4.69) is 19.1 Å². The number of hydrogen-bond acceptors (Lipinski definition) is 3. The molecule has 0 heterocycles. The Bertz CT molecular complexity index is 524. The average Bonchev–Trinajstić information content (AvgIpc) is 2.57. The Morgan fingerprint density at radius 1 is 0.955 bits per heavy atom. The number of benzene rings is 2. The topological polar surface area (TPSA) is 44.5 Å². The minimum Gasteiger partial charge on any atom is -0.497 e. The molecule has 0 fully saturated rings. The van der Waals surface area contributed by atoms with Gasteiger partial charge in [0, 0.05) is 12.0 Å². The number of rotatable bonds is 6. The predicted octanol–water partition coefficient (Wildman–Crippen LogP) is 4.04. The van der Waals surface area contributed by atoms with Crippen molar-refractivity contribution in [1.82, 2.24) is 0 Å². The summed E-state index contributed by atoms with van der Waals surface area (Å²) in [5, 5.41) is 0. The van der Waals surface area contributed by atoms with E-state index in [0.29, 0.717) is 0 Å². The monoisotopic (exact) mass is 301 g/mol. The van der Waals surface area contributed by atoms with Gasteiger partial charge < -0.3 is 15.2 Å². The van der Waals surface area contributed by atoms with Gasteiger partial charge in [0.05, 0.1) is 14.2 Å². The third kappa shape index (κ3) is 6.19. The van der Waals surface area contributed by atoms with Gasteiger partial charge in [0.25, 0.3) is 0 Å². The van der Waals surface area contributed by atoms with Crippen LogP contribution in [-0.2, 0) is 6.42 Å². The van der Waals surface area contributed by atoms with Crippen molar-refractivity contribution in [2.24, 2.45) is 5.73 Å². The highest BCUT2D eigenvalue weighted by Gasteiger charge is 2.05. The Morgan fingerprint density at radius 2 is 1.68 bits per heavy atom. The zero-order valence-corrected chi connectivity index (χ0v) is 13.8. The molecule has 0 radical (unpaired) electrons. The Hall–Kier alpha value is -2.00. The highest BCUT2D eigenvalue weighted by atomic mass is 16.5. The summed E-state index contributed by atoms with van der Waals surface area (Å²) in [5.41, 5.74) is 7.54. The molecule has 2 N–H and O–H groups in total. The van der Waals surface area contributed by atoms with Crippen molar-refractivity contribution in [1.29, 1.82) is 0 Å². The molecule has 0 aliphatic heterocycles. The summed E-state index contributed by atoms with van der Waals surface area (Å²) in [4.78, 5) is 0. The number of ether oxygens (including phenoxy) is 2. The summed E-state index contributed by atoms with van der Waals surface area (Å²) in [5.74, 6) is 1.76. The molecule has 0 aromatic heterocycles. The molecule has 2 aromatic rings. The zero-order valence-electron chi connectivity index (χ0n) is 13.8. The molecule has 22 heavy (non-hydrogen) atoms. The Labute approximate surface area is 134 Å². The summed E-state index contributed by atoms with van der Waals surface area (Å²) >= 11 is 0. The van der Waals surface area contributed by atoms with Crippen molar-refractivity contribution in [2.45, 2.75) is 26.2 Å². The maximum absolute atomic E-state index is 5.36. The van der Waals surface area contributed by atoms with Crippen molar-refractivity contribution < 1.29 is 9.47 Å². The largest absolute Gasteiger partial charge is 0.497 e. The van der Waals surface area contributed by atoms with E-state index >= 15 is 0 Å². The van der Waals surface area contributed by atoms with Crippen LogP contribution in [-0.4, -0.2) is 20.8 Å². The lowest BCUT2D eigenvalue weighted by Crippen LogP contribution is -1.95. The summed E-state index contributed by atoms with van der Waals surface area (Å²) in [6.45, 7) is 2.98. The lowest BCUT2D eigenvalue weighted by Gasteiger charge is -2.10. The van der Waals surface area contributed by atoms with Crippen molar-refractivity contribution >= 4 is 0 Å². The molecule has 0 amide bonds. The van der Waals surface area contributed by atoms with Gasteiger partial charge in [-0.2, -0.15) is 0 Å². The molecule has 3 heteroatoms. The van der Waals surface area contributed by atoms with E-state index in [9.17, 15) is 0 Å². The van der Waals surface area contributed by atoms with E-state index in [1.165, 1.54) is 18.4 Å². The highest BCUT2D eigenvalue weighted by Crippen LogP contribution is 2.26. The highest BCUT2D eigenvalue weighted by molar-refractivity contribution is 5.42. The standard InChI is InChI=1S/C15H16O2.C4H11N/c1-16-14-8-9-15(17-2)13(11-14)10-12-6-4-3-5-7-12;1-2-3-4-5/h3-9,11H,10H2,1-2H3;2-5H2,1H3. The summed E-state index contributed by atoms with van der Waals surface area (Å²) in [6, 6.07) is 16.2. The van der Waals surface area contributed by atoms with Crippen molar-refractivity contribution in [3.8, 4) is 11.5 Å². The SMILES string of the molecule is CCCCN.COc1ccc(OC)c(Cc2ccccc2)c1. The van der Waals surface area contributed by atoms with E-state index < -0.39 is 0 Å². The third-order valence-corrected chi connectivity index (χ3v) is 3.28. The first-order chi connectivity index (χ1) is 10.7. The van der Waals surface area contributed by atoms with Gasteiger partial charge in [0.2, 0.25) is 0 Å². The van der Waals surface area contributed by atoms with E-state index in [1.807, 2.05) is 36.4 Å². The second-order valence-corrected chi connectivity index (χ2v) is 4.98. The van der Waals surface area contributed by atoms with Crippen LogP contribution in [0.1, 0.15) is 30.9 Å². The fourth-order valence-corrected chi connectivity index (χ4v) is 2.04. The molecule has 0 atom stereocenters. The van der Waals surface area contributed by atoms with Crippen molar-refractivity contribution in [2.75, 3.05) is 20.8 Å². The molecule has 3 nitrogen and oxygen atoms in total. The minimum atomic E-state index is 0.844. The van der Waals surface area contributed by atoms with Gasteiger partial charge in [0.15, 0.2) is 0 Å². The molecule has 0 bridgehead atoms. The van der Waals surface area contributed by atoms with E-state index in [-0.39, 0.29) is 0 Å². The Balaban J connectivity index is 0.000000422. The number of nitrogens with two attached hydrogens (primary N) is 1. The third-order valence-electron chi connectivity index (χ3n) is 3.28. The van der Waals surface area contributed by atoms with Crippen molar-refractivity contribution in [3.63, 3.8) is 0 Å². The van der Waals surface area contributed by atoms with E-state index in [0.717, 1.165) is 30.0 Å². The van der Waals surface area contributed by atoms with Gasteiger partial charge in [-0.3, -0.25) is 0 Å². The van der Waals surface area contributed by atoms with E-state index in [4.69, 9.17) is 15.2 Å². The fourth-order valence-electron chi connectivity index (χ4n) is 2.04. The van der Waals surface area contributed by atoms with Gasteiger partial charge in [-0.25, -0.2) is 0 Å². The van der Waals surface area contributed by atoms with Gasteiger partial charge >= 0.3 is 0 Å². The van der Waals surface area contributed by atoms with Crippen LogP contribution in [0.2, 0.25) is 0 Å². The minimum absolute atomic E-state index is 0.844. The average molecular weight is 301 g/mol. The molecule has 0 saturated heterocycles. The second kappa shape index (κ2) is 10.7. The number of methoxy groups -OCH3 is 2. The molecule has 2 rings (SSSR count). The molecule has 120 valence electrons. The summed E-state index contributed by atoms with van der Waals surface area (Å²) in [7, 11) is 3.37. The van der Waals surface area contributed by atoms with Crippen LogP contribution in [0.15, 0.2) is 48.5 Å². The van der Waals surface area contributed by atoms with Crippen LogP contribution in [0.3, 0.4) is 0 Å². The Morgan fingerprint density at radius 3 is 2.18 bits per heavy atom. The summed E-state index contributed by atoms with van der Waals surface area (Å²) in [6.07, 6.45) is 3.23. The van der Waals surface area contributed by atoms with Gasteiger partial charge in [-0.05, 0) is 36.7 Å². The maximum atomic E-state index is 5.36. The number of unbranched alkanes of at least 4 members (excludes halogenated alkanes) is 1. The molecule has 0 spiro atoms. The van der Waals surface area contributed by atoms with Crippen LogP contribution in [0.25, 0.3) is 0 Å². The fraction of sp³-hybridized carbons (Fsp3) is 0.368. The molecule has 0 aliphatic carbocycles. The first-order valence-corrected chi connectivity index (χ1v) is 7.70. The Kier molecular flexibility index (Phi) is 8.77. The van der Waals surface area contributed by atoms with Crippen LogP contribution in [0.4, 0.5) is 0 Å². The molecular weight excluding hydrogens is 274 g/mol. The number of hydrogen-bond donors (Lipinski definition) is 1. The van der Waals surface area contributed by atoms with Crippen LogP contribution < -0.4 is 15.2 Å². The quantitative estimate of drug-likeness (QED) is 0.875. The maximum Gasteiger partial charge on any atom is 0.122 e. The zero-order chi connectivity index (χ0) is 16.2. The molecule has 0 saturated carbocycles. The molecule has 0 aliphatic rings. The van der Waals surface area contributed by atoms with Crippen LogP contribution in [0, 0.1) is 0 Å². The molecule has 2 aromatic carbocycles. The van der Waals surface area contributed by atoms with Gasteiger partial charge in [0.1, 0.15) is 11.5 Å². The normalized spacial score (nSPS) is 9.64.